The van der Waals surface area contributed by atoms with Crippen molar-refractivity contribution in [2.75, 3.05) is 5.73 Å². The van der Waals surface area contributed by atoms with E-state index in [1.165, 1.54) is 12.3 Å². The van der Waals surface area contributed by atoms with Crippen LogP contribution in [-0.2, 0) is 0 Å². The van der Waals surface area contributed by atoms with Gasteiger partial charge in [-0.05, 0) is 31.2 Å². The van der Waals surface area contributed by atoms with E-state index >= 15 is 0 Å². The number of amides is 1. The number of furan rings is 1. The Labute approximate surface area is 98.6 Å². The van der Waals surface area contributed by atoms with E-state index < -0.39 is 0 Å². The highest BCUT2D eigenvalue weighted by molar-refractivity contribution is 5.94. The summed E-state index contributed by atoms with van der Waals surface area (Å²) in [6.45, 7) is 1.85. The number of pyridine rings is 1. The number of carbonyl (C=O) groups excluding carboxylic acids is 1. The lowest BCUT2D eigenvalue weighted by molar-refractivity contribution is 0.0935. The van der Waals surface area contributed by atoms with E-state index in [2.05, 4.69) is 10.3 Å². The van der Waals surface area contributed by atoms with Crippen LogP contribution < -0.4 is 11.1 Å². The molecule has 0 saturated carbocycles. The SMILES string of the molecule is CC(NC(=O)c1ccnc(N)c1)c1ccco1. The Morgan fingerprint density at radius 3 is 3.00 bits per heavy atom. The van der Waals surface area contributed by atoms with Crippen LogP contribution in [0.3, 0.4) is 0 Å². The molecule has 5 nitrogen and oxygen atoms in total. The second-order valence-electron chi connectivity index (χ2n) is 3.68. The number of carbonyl (C=O) groups is 1. The first-order valence-corrected chi connectivity index (χ1v) is 5.22. The van der Waals surface area contributed by atoms with Crippen LogP contribution in [0.1, 0.15) is 29.1 Å². The predicted octanol–water partition coefficient (Wildman–Crippen LogP) is 1.75. The van der Waals surface area contributed by atoms with E-state index in [-0.39, 0.29) is 11.9 Å². The molecule has 2 aromatic heterocycles. The van der Waals surface area contributed by atoms with E-state index in [1.807, 2.05) is 13.0 Å². The van der Waals surface area contributed by atoms with Gasteiger partial charge in [-0.25, -0.2) is 4.98 Å². The number of nitrogens with zero attached hydrogens (tertiary/aromatic N) is 1. The Kier molecular flexibility index (Phi) is 3.09. The fraction of sp³-hybridized carbons (Fsp3) is 0.167. The first-order chi connectivity index (χ1) is 8.16. The van der Waals surface area contributed by atoms with Gasteiger partial charge < -0.3 is 15.5 Å². The van der Waals surface area contributed by atoms with Crippen LogP contribution in [0.2, 0.25) is 0 Å². The minimum Gasteiger partial charge on any atom is -0.467 e. The Morgan fingerprint density at radius 2 is 2.35 bits per heavy atom. The molecule has 0 radical (unpaired) electrons. The van der Waals surface area contributed by atoms with Crippen LogP contribution in [-0.4, -0.2) is 10.9 Å². The molecule has 0 aliphatic heterocycles. The number of nitrogens with two attached hydrogens (primary N) is 1. The number of nitrogens with one attached hydrogen (secondary N) is 1. The maximum Gasteiger partial charge on any atom is 0.252 e. The molecule has 2 heterocycles. The van der Waals surface area contributed by atoms with Gasteiger partial charge >= 0.3 is 0 Å². The minimum atomic E-state index is -0.206. The first-order valence-electron chi connectivity index (χ1n) is 5.22. The van der Waals surface area contributed by atoms with Gasteiger partial charge in [-0.2, -0.15) is 0 Å². The lowest BCUT2D eigenvalue weighted by Crippen LogP contribution is -2.26. The summed E-state index contributed by atoms with van der Waals surface area (Å²) >= 11 is 0. The van der Waals surface area contributed by atoms with Crippen LogP contribution in [0.25, 0.3) is 0 Å². The van der Waals surface area contributed by atoms with Crippen LogP contribution >= 0.6 is 0 Å². The van der Waals surface area contributed by atoms with Crippen LogP contribution in [0, 0.1) is 0 Å². The third kappa shape index (κ3) is 2.63. The largest absolute Gasteiger partial charge is 0.467 e. The molecule has 0 saturated heterocycles. The molecular weight excluding hydrogens is 218 g/mol. The van der Waals surface area contributed by atoms with E-state index in [0.29, 0.717) is 17.1 Å². The third-order valence-electron chi connectivity index (χ3n) is 2.36. The fourth-order valence-electron chi connectivity index (χ4n) is 1.48. The molecule has 0 aromatic carbocycles. The summed E-state index contributed by atoms with van der Waals surface area (Å²) in [5.74, 6) is 0.826. The molecule has 0 fully saturated rings. The maximum atomic E-state index is 11.9. The molecule has 2 rings (SSSR count). The predicted molar refractivity (Wildman–Crippen MR) is 63.2 cm³/mol. The molecule has 1 unspecified atom stereocenters. The van der Waals surface area contributed by atoms with Crippen molar-refractivity contribution in [3.05, 3.63) is 48.0 Å². The molecule has 17 heavy (non-hydrogen) atoms. The highest BCUT2D eigenvalue weighted by Gasteiger charge is 2.13. The number of aromatic nitrogens is 1. The molecule has 0 spiro atoms. The molecule has 3 N–H and O–H groups in total. The molecule has 5 heteroatoms. The van der Waals surface area contributed by atoms with Crippen molar-refractivity contribution in [3.8, 4) is 0 Å². The zero-order chi connectivity index (χ0) is 12.3. The van der Waals surface area contributed by atoms with Gasteiger partial charge in [-0.3, -0.25) is 4.79 Å². The monoisotopic (exact) mass is 231 g/mol. The number of hydrogen-bond acceptors (Lipinski definition) is 4. The Balaban J connectivity index is 2.07. The van der Waals surface area contributed by atoms with Crippen molar-refractivity contribution in [2.45, 2.75) is 13.0 Å². The van der Waals surface area contributed by atoms with Crippen molar-refractivity contribution in [1.82, 2.24) is 10.3 Å². The number of anilines is 1. The van der Waals surface area contributed by atoms with Gasteiger partial charge in [0.25, 0.3) is 5.91 Å². The van der Waals surface area contributed by atoms with Gasteiger partial charge in [0.05, 0.1) is 12.3 Å². The summed E-state index contributed by atoms with van der Waals surface area (Å²) < 4.78 is 5.20. The average Bonchev–Trinajstić information content (AvgIpc) is 2.82. The summed E-state index contributed by atoms with van der Waals surface area (Å²) in [4.78, 5) is 15.7. The average molecular weight is 231 g/mol. The molecule has 1 amide bonds. The van der Waals surface area contributed by atoms with E-state index in [4.69, 9.17) is 10.2 Å². The topological polar surface area (TPSA) is 81.2 Å². The minimum absolute atomic E-state index is 0.188. The van der Waals surface area contributed by atoms with Crippen molar-refractivity contribution in [2.24, 2.45) is 0 Å². The number of nitrogen functional groups attached to an aromatic ring is 1. The summed E-state index contributed by atoms with van der Waals surface area (Å²) in [5, 5.41) is 2.81. The molecule has 2 aromatic rings. The molecule has 88 valence electrons. The van der Waals surface area contributed by atoms with Gasteiger partial charge in [0, 0.05) is 11.8 Å². The summed E-state index contributed by atoms with van der Waals surface area (Å²) in [6, 6.07) is 6.55. The van der Waals surface area contributed by atoms with E-state index in [0.717, 1.165) is 0 Å². The van der Waals surface area contributed by atoms with Gasteiger partial charge in [-0.15, -0.1) is 0 Å². The summed E-state index contributed by atoms with van der Waals surface area (Å²) in [7, 11) is 0. The maximum absolute atomic E-state index is 11.9. The third-order valence-corrected chi connectivity index (χ3v) is 2.36. The van der Waals surface area contributed by atoms with E-state index in [1.54, 1.807) is 18.4 Å². The molecule has 0 aliphatic carbocycles. The Hall–Kier alpha value is -2.30. The Bertz CT molecular complexity index is 508. The quantitative estimate of drug-likeness (QED) is 0.843. The first kappa shape index (κ1) is 11.2. The molecule has 0 bridgehead atoms. The zero-order valence-corrected chi connectivity index (χ0v) is 9.38. The highest BCUT2D eigenvalue weighted by atomic mass is 16.3. The summed E-state index contributed by atoms with van der Waals surface area (Å²) in [6.07, 6.45) is 3.07. The van der Waals surface area contributed by atoms with Crippen molar-refractivity contribution in [1.29, 1.82) is 0 Å². The van der Waals surface area contributed by atoms with Crippen LogP contribution in [0.15, 0.2) is 41.1 Å². The summed E-state index contributed by atoms with van der Waals surface area (Å²) in [5.41, 5.74) is 5.99. The second kappa shape index (κ2) is 4.69. The highest BCUT2D eigenvalue weighted by Crippen LogP contribution is 2.13. The van der Waals surface area contributed by atoms with Gasteiger partial charge in [-0.1, -0.05) is 0 Å². The second-order valence-corrected chi connectivity index (χ2v) is 3.68. The Morgan fingerprint density at radius 1 is 1.53 bits per heavy atom. The normalized spacial score (nSPS) is 12.1. The van der Waals surface area contributed by atoms with Gasteiger partial charge in [0.2, 0.25) is 0 Å². The smallest absolute Gasteiger partial charge is 0.252 e. The standard InChI is InChI=1S/C12H13N3O2/c1-8(10-3-2-6-17-10)15-12(16)9-4-5-14-11(13)7-9/h2-8H,1H3,(H2,13,14)(H,15,16). The molecule has 0 aliphatic rings. The van der Waals surface area contributed by atoms with Crippen molar-refractivity contribution in [3.63, 3.8) is 0 Å². The van der Waals surface area contributed by atoms with Crippen molar-refractivity contribution >= 4 is 11.7 Å². The van der Waals surface area contributed by atoms with Crippen molar-refractivity contribution < 1.29 is 9.21 Å². The molecule has 1 atom stereocenters. The van der Waals surface area contributed by atoms with E-state index in [9.17, 15) is 4.79 Å². The zero-order valence-electron chi connectivity index (χ0n) is 9.38. The lowest BCUT2D eigenvalue weighted by atomic mass is 10.2. The lowest BCUT2D eigenvalue weighted by Gasteiger charge is -2.11. The van der Waals surface area contributed by atoms with Gasteiger partial charge in [0.1, 0.15) is 11.6 Å². The van der Waals surface area contributed by atoms with Gasteiger partial charge in [0.15, 0.2) is 0 Å². The number of hydrogen-bond donors (Lipinski definition) is 2. The molecular formula is C12H13N3O2. The fourth-order valence-corrected chi connectivity index (χ4v) is 1.48. The van der Waals surface area contributed by atoms with Crippen LogP contribution in [0.4, 0.5) is 5.82 Å². The van der Waals surface area contributed by atoms with Crippen LogP contribution in [0.5, 0.6) is 0 Å². The number of rotatable bonds is 3.